The predicted octanol–water partition coefficient (Wildman–Crippen LogP) is 7.72. The van der Waals surface area contributed by atoms with Gasteiger partial charge < -0.3 is 49.1 Å². The van der Waals surface area contributed by atoms with Crippen LogP contribution in [0.5, 0.6) is 17.2 Å². The zero-order chi connectivity index (χ0) is 64.6. The van der Waals surface area contributed by atoms with E-state index in [1.54, 1.807) is 42.6 Å². The number of hydrogen-bond acceptors (Lipinski definition) is 20. The molecule has 0 aliphatic carbocycles. The van der Waals surface area contributed by atoms with Crippen LogP contribution in [0.3, 0.4) is 0 Å². The average molecular weight is 1310 g/mol. The van der Waals surface area contributed by atoms with Crippen LogP contribution < -0.4 is 35.0 Å². The number of piperazine rings is 1. The number of nitro groups is 1. The number of aromatic amines is 1. The predicted molar refractivity (Wildman–Crippen MR) is 345 cm³/mol. The number of pyridine rings is 1. The van der Waals surface area contributed by atoms with E-state index in [4.69, 9.17) is 35.3 Å². The molecule has 25 nitrogen and oxygen atoms in total. The standard InChI is InChI=1S/C66H70ClN11O14S/c67-46-9-7-44(8-10-46)50-3-2-6-58(91-41-43-38-75(39-43)26-30-90-32-31-89-29-21-68-55-5-1-4-52-61(55)66(83)77(65(52)82)56-15-16-60(79)72-64(56)81)53(50)40-74-22-24-76(25-23-74)47-11-13-51(59(34-47)92-48-33-45-17-20-69-62(45)71-37-48)63(80)73-93(86,87)49-12-14-54(57(35-49)78(84)85)70-36-42-18-27-88-28-19-42/h1-14,17,20,33-35,37,42-43,56,68,70H,15-16,18-19,21-32,36,38-41H2,(H,69,71)(H,73,80)(H,72,79,81). The fraction of sp³-hybridized carbons (Fsp3) is 0.364. The first kappa shape index (κ1) is 64.1. The number of H-pyrrole nitrogens is 1. The number of benzene rings is 5. The van der Waals surface area contributed by atoms with Crippen molar-refractivity contribution in [1.29, 1.82) is 0 Å². The Kier molecular flexibility index (Phi) is 19.9. The topological polar surface area (TPSA) is 299 Å². The lowest BCUT2D eigenvalue weighted by Crippen LogP contribution is -2.54. The Labute approximate surface area is 541 Å². The van der Waals surface area contributed by atoms with Gasteiger partial charge in [0.25, 0.3) is 33.4 Å². The van der Waals surface area contributed by atoms with E-state index < -0.39 is 61.1 Å². The fourth-order valence-electron chi connectivity index (χ4n) is 12.3. The van der Waals surface area contributed by atoms with Crippen molar-refractivity contribution in [1.82, 2.24) is 34.7 Å². The highest BCUT2D eigenvalue weighted by Crippen LogP contribution is 2.38. The number of amides is 5. The fourth-order valence-corrected chi connectivity index (χ4v) is 13.4. The van der Waals surface area contributed by atoms with Gasteiger partial charge in [-0.15, -0.1) is 0 Å². The average Bonchev–Trinajstić information content (AvgIpc) is 1.64. The van der Waals surface area contributed by atoms with Crippen LogP contribution in [0.25, 0.3) is 22.2 Å². The van der Waals surface area contributed by atoms with E-state index in [2.05, 4.69) is 51.4 Å². The van der Waals surface area contributed by atoms with Crippen LogP contribution in [-0.2, 0) is 40.4 Å². The molecule has 0 spiro atoms. The smallest absolute Gasteiger partial charge is 0.293 e. The maximum atomic E-state index is 14.1. The summed E-state index contributed by atoms with van der Waals surface area (Å²) in [6.45, 7) is 9.75. The van der Waals surface area contributed by atoms with Gasteiger partial charge in [-0.05, 0) is 103 Å². The second-order valence-corrected chi connectivity index (χ2v) is 25.6. The van der Waals surface area contributed by atoms with E-state index in [9.17, 15) is 42.5 Å². The van der Waals surface area contributed by atoms with E-state index in [-0.39, 0.29) is 46.9 Å². The first-order valence-corrected chi connectivity index (χ1v) is 32.8. The Morgan fingerprint density at radius 3 is 2.34 bits per heavy atom. The molecule has 0 saturated carbocycles. The Balaban J connectivity index is 0.628. The Bertz CT molecular complexity index is 4060. The zero-order valence-corrected chi connectivity index (χ0v) is 52.4. The highest BCUT2D eigenvalue weighted by atomic mass is 35.5. The van der Waals surface area contributed by atoms with Gasteiger partial charge in [0.1, 0.15) is 34.6 Å². The highest BCUT2D eigenvalue weighted by Gasteiger charge is 2.46. The first-order valence-electron chi connectivity index (χ1n) is 31.0. The number of halogens is 1. The second-order valence-electron chi connectivity index (χ2n) is 23.5. The molecule has 4 fully saturated rings. The minimum atomic E-state index is -4.63. The van der Waals surface area contributed by atoms with Crippen molar-refractivity contribution in [2.75, 3.05) is 121 Å². The number of anilines is 3. The summed E-state index contributed by atoms with van der Waals surface area (Å²) in [5, 5.41) is 22.1. The monoisotopic (exact) mass is 1310 g/mol. The van der Waals surface area contributed by atoms with Crippen molar-refractivity contribution in [2.24, 2.45) is 11.8 Å². The molecule has 1 unspecified atom stereocenters. The molecule has 0 radical (unpaired) electrons. The van der Waals surface area contributed by atoms with Crippen molar-refractivity contribution in [3.05, 3.63) is 159 Å². The number of hydrogen-bond donors (Lipinski definition) is 5. The zero-order valence-electron chi connectivity index (χ0n) is 50.8. The molecule has 5 amide bonds. The van der Waals surface area contributed by atoms with Crippen molar-refractivity contribution in [2.45, 2.75) is 43.2 Å². The van der Waals surface area contributed by atoms with E-state index in [0.717, 1.165) is 77.0 Å². The molecule has 12 rings (SSSR count). The lowest BCUT2D eigenvalue weighted by Gasteiger charge is -2.39. The van der Waals surface area contributed by atoms with Gasteiger partial charge in [0.15, 0.2) is 0 Å². The molecule has 7 heterocycles. The lowest BCUT2D eigenvalue weighted by atomic mass is 9.97. The number of rotatable bonds is 27. The summed E-state index contributed by atoms with van der Waals surface area (Å²) in [4.78, 5) is 91.3. The van der Waals surface area contributed by atoms with Crippen LogP contribution in [0.4, 0.5) is 22.7 Å². The first-order chi connectivity index (χ1) is 45.1. The number of nitrogens with zero attached hydrogens (tertiary/aromatic N) is 6. The van der Waals surface area contributed by atoms with Gasteiger partial charge in [0.2, 0.25) is 11.8 Å². The summed E-state index contributed by atoms with van der Waals surface area (Å²) >= 11 is 6.36. The minimum absolute atomic E-state index is 0.0439. The van der Waals surface area contributed by atoms with Gasteiger partial charge in [-0.3, -0.25) is 49.2 Å². The number of nitro benzene ring substituents is 1. The van der Waals surface area contributed by atoms with E-state index in [1.165, 1.54) is 24.4 Å². The maximum absolute atomic E-state index is 14.1. The van der Waals surface area contributed by atoms with Crippen LogP contribution in [0.1, 0.15) is 62.3 Å². The number of aromatic nitrogens is 2. The summed E-state index contributed by atoms with van der Waals surface area (Å²) in [6.07, 6.45) is 4.96. The van der Waals surface area contributed by atoms with Crippen LogP contribution in [0.15, 0.2) is 126 Å². The van der Waals surface area contributed by atoms with E-state index in [0.29, 0.717) is 120 Å². The molecule has 7 aromatic rings. The number of likely N-dealkylation sites (tertiary alicyclic amines) is 1. The maximum Gasteiger partial charge on any atom is 0.293 e. The molecule has 27 heteroatoms. The minimum Gasteiger partial charge on any atom is -0.493 e. The van der Waals surface area contributed by atoms with Crippen molar-refractivity contribution >= 4 is 84.9 Å². The summed E-state index contributed by atoms with van der Waals surface area (Å²) in [6, 6.07) is 29.8. The third-order valence-electron chi connectivity index (χ3n) is 17.3. The molecule has 0 bridgehead atoms. The van der Waals surface area contributed by atoms with Gasteiger partial charge in [0, 0.05) is 137 Å². The number of nitrogens with one attached hydrogen (secondary N) is 5. The molecule has 1 atom stereocenters. The van der Waals surface area contributed by atoms with Crippen LogP contribution >= 0.6 is 11.6 Å². The summed E-state index contributed by atoms with van der Waals surface area (Å²) in [5.41, 5.74) is 4.95. The summed E-state index contributed by atoms with van der Waals surface area (Å²) in [7, 11) is -4.63. The van der Waals surface area contributed by atoms with E-state index in [1.807, 2.05) is 42.5 Å². The molecule has 5 N–H and O–H groups in total. The number of carbonyl (C=O) groups is 5. The van der Waals surface area contributed by atoms with Crippen molar-refractivity contribution in [3.63, 3.8) is 0 Å². The molecule has 5 aliphatic heterocycles. The Morgan fingerprint density at radius 1 is 0.785 bits per heavy atom. The largest absolute Gasteiger partial charge is 0.493 e. The number of carbonyl (C=O) groups excluding carboxylic acids is 5. The number of piperidine rings is 1. The SMILES string of the molecule is O=C1CCC(N2C(=O)c3cccc(NCCOCCOCCN4CC(COc5cccc(-c6ccc(Cl)cc6)c5CN5CCN(c6ccc(C(=O)NS(=O)(=O)c7ccc(NCC8CCOCC8)c([N+](=O)[O-])c7)c(Oc7cnc8[nH]ccc8c7)c6)CC5)C4)c3C2=O)C(=O)N1. The Hall–Kier alpha value is -9.02. The quantitative estimate of drug-likeness (QED) is 0.0142. The number of fused-ring (bicyclic) bond motifs is 2. The summed E-state index contributed by atoms with van der Waals surface area (Å²) < 4.78 is 60.0. The third-order valence-corrected chi connectivity index (χ3v) is 18.9. The van der Waals surface area contributed by atoms with Crippen LogP contribution in [0, 0.1) is 22.0 Å². The normalized spacial score (nSPS) is 17.5. The van der Waals surface area contributed by atoms with Gasteiger partial charge >= 0.3 is 0 Å². The molecule has 2 aromatic heterocycles. The highest BCUT2D eigenvalue weighted by molar-refractivity contribution is 7.90. The molecular weight excluding hydrogens is 1240 g/mol. The second kappa shape index (κ2) is 28.9. The molecule has 5 aromatic carbocycles. The van der Waals surface area contributed by atoms with Crippen LogP contribution in [-0.4, -0.2) is 179 Å². The van der Waals surface area contributed by atoms with Gasteiger partial charge in [-0.25, -0.2) is 18.1 Å². The molecule has 5 aliphatic rings. The van der Waals surface area contributed by atoms with Crippen molar-refractivity contribution in [3.8, 4) is 28.4 Å². The van der Waals surface area contributed by atoms with Crippen molar-refractivity contribution < 1.29 is 61.0 Å². The van der Waals surface area contributed by atoms with E-state index >= 15 is 0 Å². The Morgan fingerprint density at radius 2 is 1.56 bits per heavy atom. The molecule has 486 valence electrons. The van der Waals surface area contributed by atoms with Gasteiger partial charge in [-0.1, -0.05) is 41.9 Å². The van der Waals surface area contributed by atoms with Gasteiger partial charge in [-0.2, -0.15) is 0 Å². The summed E-state index contributed by atoms with van der Waals surface area (Å²) in [5.74, 6) is -1.49. The van der Waals surface area contributed by atoms with Gasteiger partial charge in [0.05, 0.1) is 65.7 Å². The number of ether oxygens (including phenoxy) is 5. The number of sulfonamides is 1. The number of imide groups is 2. The molecule has 93 heavy (non-hydrogen) atoms. The van der Waals surface area contributed by atoms with Crippen LogP contribution in [0.2, 0.25) is 5.02 Å². The molecule has 4 saturated heterocycles. The lowest BCUT2D eigenvalue weighted by molar-refractivity contribution is -0.384. The molecular formula is C66H70ClN11O14S. The third kappa shape index (κ3) is 15.1.